The van der Waals surface area contributed by atoms with E-state index in [0.29, 0.717) is 15.9 Å². The predicted molar refractivity (Wildman–Crippen MR) is 85.3 cm³/mol. The minimum atomic E-state index is -1.57. The van der Waals surface area contributed by atoms with E-state index in [-0.39, 0.29) is 37.3 Å². The van der Waals surface area contributed by atoms with Crippen molar-refractivity contribution in [3.63, 3.8) is 0 Å². The second-order valence-corrected chi connectivity index (χ2v) is 7.18. The molecule has 3 fully saturated rings. The van der Waals surface area contributed by atoms with Crippen LogP contribution in [-0.2, 0) is 19.8 Å². The monoisotopic (exact) mass is 392 g/mol. The molecule has 2 atom stereocenters. The SMILES string of the molecule is Nc1nccn2c(C34CCC(C(=O)O)(CC3=O)C(=O)C4)nc(Br)c12. The Kier molecular flexibility index (Phi) is 2.94. The number of carboxylic acids is 1. The quantitative estimate of drug-likeness (QED) is 0.732. The molecule has 2 heterocycles. The molecule has 0 saturated heterocycles. The molecule has 2 bridgehead atoms. The Labute approximate surface area is 144 Å². The van der Waals surface area contributed by atoms with Gasteiger partial charge in [-0.3, -0.25) is 18.8 Å². The maximum Gasteiger partial charge on any atom is 0.317 e. The van der Waals surface area contributed by atoms with Crippen molar-refractivity contribution in [1.82, 2.24) is 14.4 Å². The van der Waals surface area contributed by atoms with Crippen LogP contribution in [-0.4, -0.2) is 37.0 Å². The molecule has 3 saturated carbocycles. The lowest BCUT2D eigenvalue weighted by atomic mass is 9.52. The van der Waals surface area contributed by atoms with Crippen LogP contribution in [0.15, 0.2) is 17.0 Å². The molecule has 2 aromatic rings. The summed E-state index contributed by atoms with van der Waals surface area (Å²) in [5, 5.41) is 9.44. The number of halogens is 1. The predicted octanol–water partition coefficient (Wildman–Crippen LogP) is 1.11. The van der Waals surface area contributed by atoms with Gasteiger partial charge in [0.15, 0.2) is 11.6 Å². The number of hydrogen-bond donors (Lipinski definition) is 2. The molecule has 24 heavy (non-hydrogen) atoms. The minimum absolute atomic E-state index is 0.139. The van der Waals surface area contributed by atoms with Crippen LogP contribution in [0, 0.1) is 5.41 Å². The number of aromatic nitrogens is 3. The number of carbonyl (C=O) groups is 3. The minimum Gasteiger partial charge on any atom is -0.480 e. The second kappa shape index (κ2) is 4.62. The zero-order valence-corrected chi connectivity index (χ0v) is 14.0. The molecule has 2 aromatic heterocycles. The number of nitrogen functional groups attached to an aromatic ring is 1. The normalized spacial score (nSPS) is 29.4. The third kappa shape index (κ3) is 1.65. The number of nitrogens with zero attached hydrogens (tertiary/aromatic N) is 3. The average molecular weight is 393 g/mol. The van der Waals surface area contributed by atoms with Crippen LogP contribution >= 0.6 is 15.9 Å². The molecule has 5 rings (SSSR count). The Morgan fingerprint density at radius 2 is 2.04 bits per heavy atom. The van der Waals surface area contributed by atoms with Crippen molar-refractivity contribution in [3.05, 3.63) is 22.8 Å². The Morgan fingerprint density at radius 1 is 1.29 bits per heavy atom. The van der Waals surface area contributed by atoms with E-state index in [0.717, 1.165) is 0 Å². The van der Waals surface area contributed by atoms with Gasteiger partial charge >= 0.3 is 5.97 Å². The smallest absolute Gasteiger partial charge is 0.317 e. The van der Waals surface area contributed by atoms with Gasteiger partial charge in [-0.05, 0) is 28.8 Å². The van der Waals surface area contributed by atoms with E-state index in [9.17, 15) is 19.5 Å². The summed E-state index contributed by atoms with van der Waals surface area (Å²) in [6.45, 7) is 0. The number of nitrogens with two attached hydrogens (primary N) is 1. The maximum atomic E-state index is 12.8. The maximum absolute atomic E-state index is 12.8. The van der Waals surface area contributed by atoms with Gasteiger partial charge in [-0.2, -0.15) is 0 Å². The third-order valence-electron chi connectivity index (χ3n) is 5.35. The molecule has 0 radical (unpaired) electrons. The summed E-state index contributed by atoms with van der Waals surface area (Å²) in [7, 11) is 0. The third-order valence-corrected chi connectivity index (χ3v) is 5.90. The van der Waals surface area contributed by atoms with Gasteiger partial charge in [0.25, 0.3) is 0 Å². The fourth-order valence-electron chi connectivity index (χ4n) is 3.94. The van der Waals surface area contributed by atoms with Crippen molar-refractivity contribution in [2.24, 2.45) is 5.41 Å². The first-order chi connectivity index (χ1) is 11.3. The molecule has 9 heteroatoms. The molecule has 124 valence electrons. The molecule has 0 spiro atoms. The van der Waals surface area contributed by atoms with Gasteiger partial charge in [0.05, 0.1) is 5.41 Å². The summed E-state index contributed by atoms with van der Waals surface area (Å²) in [4.78, 5) is 45.4. The van der Waals surface area contributed by atoms with Crippen molar-refractivity contribution in [1.29, 1.82) is 0 Å². The highest BCUT2D eigenvalue weighted by atomic mass is 79.9. The highest BCUT2D eigenvalue weighted by Crippen LogP contribution is 2.54. The van der Waals surface area contributed by atoms with Gasteiger partial charge in [-0.25, -0.2) is 9.97 Å². The topological polar surface area (TPSA) is 128 Å². The van der Waals surface area contributed by atoms with Crippen molar-refractivity contribution in [3.8, 4) is 0 Å². The lowest BCUT2D eigenvalue weighted by molar-refractivity contribution is -0.168. The molecular formula is C15H13BrN4O4. The van der Waals surface area contributed by atoms with Crippen LogP contribution in [0.5, 0.6) is 0 Å². The van der Waals surface area contributed by atoms with E-state index in [2.05, 4.69) is 25.9 Å². The van der Waals surface area contributed by atoms with Crippen LogP contribution in [0.1, 0.15) is 31.5 Å². The van der Waals surface area contributed by atoms with E-state index in [1.807, 2.05) is 0 Å². The van der Waals surface area contributed by atoms with E-state index in [1.54, 1.807) is 10.6 Å². The molecule has 8 nitrogen and oxygen atoms in total. The standard InChI is InChI=1S/C15H13BrN4O4/c16-10-9-11(17)18-3-4-20(9)12(19-10)14-1-2-15(13(23)24,6-7(14)21)8(22)5-14/h3-4H,1-2,5-6H2,(H2,17,18)(H,23,24). The first kappa shape index (κ1) is 15.3. The van der Waals surface area contributed by atoms with E-state index in [1.165, 1.54) is 6.20 Å². The number of aliphatic carboxylic acids is 1. The van der Waals surface area contributed by atoms with Crippen LogP contribution in [0.4, 0.5) is 5.82 Å². The molecule has 3 N–H and O–H groups in total. The summed E-state index contributed by atoms with van der Waals surface area (Å²) < 4.78 is 2.11. The zero-order chi connectivity index (χ0) is 17.3. The van der Waals surface area contributed by atoms with Crippen molar-refractivity contribution < 1.29 is 19.5 Å². The summed E-state index contributed by atoms with van der Waals surface area (Å²) in [5.74, 6) is -1.21. The van der Waals surface area contributed by atoms with Crippen molar-refractivity contribution >= 4 is 44.8 Å². The zero-order valence-electron chi connectivity index (χ0n) is 12.5. The molecule has 2 unspecified atom stereocenters. The van der Waals surface area contributed by atoms with Crippen LogP contribution in [0.2, 0.25) is 0 Å². The fraction of sp³-hybridized carbons (Fsp3) is 0.400. The number of carboxylic acid groups (broad SMARTS) is 1. The fourth-order valence-corrected chi connectivity index (χ4v) is 4.50. The first-order valence-corrected chi connectivity index (χ1v) is 8.20. The number of anilines is 1. The lowest BCUT2D eigenvalue weighted by Crippen LogP contribution is -2.59. The van der Waals surface area contributed by atoms with E-state index < -0.39 is 22.6 Å². The summed E-state index contributed by atoms with van der Waals surface area (Å²) in [5.41, 5.74) is 3.75. The molecule has 0 aromatic carbocycles. The van der Waals surface area contributed by atoms with Gasteiger partial charge in [-0.1, -0.05) is 0 Å². The van der Waals surface area contributed by atoms with Gasteiger partial charge < -0.3 is 10.8 Å². The highest BCUT2D eigenvalue weighted by Gasteiger charge is 2.64. The molecule has 3 aliphatic rings. The Bertz CT molecular complexity index is 939. The first-order valence-electron chi connectivity index (χ1n) is 7.40. The highest BCUT2D eigenvalue weighted by molar-refractivity contribution is 9.10. The van der Waals surface area contributed by atoms with Gasteiger partial charge in [-0.15, -0.1) is 0 Å². The number of ketones is 2. The Morgan fingerprint density at radius 3 is 2.67 bits per heavy atom. The average Bonchev–Trinajstić information content (AvgIpc) is 2.87. The molecular weight excluding hydrogens is 380 g/mol. The Balaban J connectivity index is 1.93. The number of Topliss-reactive ketones (excluding diaryl/α,β-unsaturated/α-hetero) is 2. The largest absolute Gasteiger partial charge is 0.480 e. The molecule has 3 aliphatic carbocycles. The second-order valence-electron chi connectivity index (χ2n) is 6.43. The van der Waals surface area contributed by atoms with Crippen molar-refractivity contribution in [2.75, 3.05) is 5.73 Å². The molecule has 0 amide bonds. The van der Waals surface area contributed by atoms with Crippen molar-refractivity contribution in [2.45, 2.75) is 31.1 Å². The molecule has 0 aliphatic heterocycles. The van der Waals surface area contributed by atoms with E-state index >= 15 is 0 Å². The lowest BCUT2D eigenvalue weighted by Gasteiger charge is -2.47. The van der Waals surface area contributed by atoms with Crippen LogP contribution in [0.3, 0.4) is 0 Å². The van der Waals surface area contributed by atoms with E-state index in [4.69, 9.17) is 5.73 Å². The number of fused-ring (bicyclic) bond motifs is 4. The number of carbonyl (C=O) groups excluding carboxylic acids is 2. The number of hydrogen-bond acceptors (Lipinski definition) is 6. The van der Waals surface area contributed by atoms with Gasteiger partial charge in [0.2, 0.25) is 0 Å². The van der Waals surface area contributed by atoms with Gasteiger partial charge in [0, 0.05) is 25.2 Å². The summed E-state index contributed by atoms with van der Waals surface area (Å²) in [6, 6.07) is 0. The van der Waals surface area contributed by atoms with Crippen LogP contribution < -0.4 is 5.73 Å². The summed E-state index contributed by atoms with van der Waals surface area (Å²) >= 11 is 3.33. The summed E-state index contributed by atoms with van der Waals surface area (Å²) in [6.07, 6.45) is 3.12. The number of imidazole rings is 1. The number of rotatable bonds is 2. The van der Waals surface area contributed by atoms with Gasteiger partial charge in [0.1, 0.15) is 27.1 Å². The van der Waals surface area contributed by atoms with Crippen LogP contribution in [0.25, 0.3) is 5.52 Å². The Hall–Kier alpha value is -2.29.